The molecule has 21 heavy (non-hydrogen) atoms. The van der Waals surface area contributed by atoms with Crippen molar-refractivity contribution in [3.05, 3.63) is 58.6 Å². The lowest BCUT2D eigenvalue weighted by Crippen LogP contribution is -2.34. The minimum Gasteiger partial charge on any atom is -0.457 e. The Kier molecular flexibility index (Phi) is 5.63. The van der Waals surface area contributed by atoms with E-state index in [0.717, 1.165) is 27.5 Å². The molecule has 0 aliphatic rings. The summed E-state index contributed by atoms with van der Waals surface area (Å²) in [6.07, 6.45) is 0. The summed E-state index contributed by atoms with van der Waals surface area (Å²) in [4.78, 5) is 4.10. The zero-order valence-corrected chi connectivity index (χ0v) is 13.6. The van der Waals surface area contributed by atoms with E-state index in [1.165, 1.54) is 0 Å². The first-order chi connectivity index (χ1) is 10.2. The molecule has 110 valence electrons. The third-order valence-corrected chi connectivity index (χ3v) is 3.40. The van der Waals surface area contributed by atoms with Gasteiger partial charge in [-0.2, -0.15) is 0 Å². The minimum absolute atomic E-state index is 0.628. The van der Waals surface area contributed by atoms with Gasteiger partial charge < -0.3 is 15.4 Å². The first-order valence-corrected chi connectivity index (χ1v) is 7.42. The van der Waals surface area contributed by atoms with Crippen molar-refractivity contribution in [1.29, 1.82) is 0 Å². The van der Waals surface area contributed by atoms with Gasteiger partial charge in [-0.05, 0) is 24.3 Å². The first-order valence-electron chi connectivity index (χ1n) is 6.62. The van der Waals surface area contributed by atoms with Crippen LogP contribution in [0.25, 0.3) is 0 Å². The number of para-hydroxylation sites is 1. The van der Waals surface area contributed by atoms with Gasteiger partial charge in [-0.15, -0.1) is 0 Å². The first kappa shape index (κ1) is 15.4. The molecule has 0 amide bonds. The van der Waals surface area contributed by atoms with E-state index in [1.54, 1.807) is 7.05 Å². The maximum atomic E-state index is 5.96. The molecule has 4 nitrogen and oxygen atoms in total. The molecule has 0 unspecified atom stereocenters. The van der Waals surface area contributed by atoms with Crippen molar-refractivity contribution < 1.29 is 4.74 Å². The Morgan fingerprint density at radius 3 is 2.62 bits per heavy atom. The summed E-state index contributed by atoms with van der Waals surface area (Å²) in [5.74, 6) is 2.37. The van der Waals surface area contributed by atoms with E-state index < -0.39 is 0 Å². The lowest BCUT2D eigenvalue weighted by Gasteiger charge is -2.14. The number of aliphatic imine (C=N–C) groups is 1. The van der Waals surface area contributed by atoms with Gasteiger partial charge in [0.05, 0.1) is 0 Å². The van der Waals surface area contributed by atoms with E-state index in [0.29, 0.717) is 6.54 Å². The monoisotopic (exact) mass is 347 g/mol. The van der Waals surface area contributed by atoms with Crippen molar-refractivity contribution in [3.63, 3.8) is 0 Å². The third-order valence-electron chi connectivity index (χ3n) is 2.91. The maximum absolute atomic E-state index is 5.96. The van der Waals surface area contributed by atoms with Crippen LogP contribution < -0.4 is 15.4 Å². The molecule has 5 heteroatoms. The average Bonchev–Trinajstić information content (AvgIpc) is 2.51. The number of nitrogens with zero attached hydrogens (tertiary/aromatic N) is 1. The molecule has 0 saturated carbocycles. The van der Waals surface area contributed by atoms with Crippen LogP contribution >= 0.6 is 15.9 Å². The summed E-state index contributed by atoms with van der Waals surface area (Å²) >= 11 is 3.48. The molecule has 2 rings (SSSR count). The zero-order valence-electron chi connectivity index (χ0n) is 12.1. The van der Waals surface area contributed by atoms with E-state index in [-0.39, 0.29) is 0 Å². The molecule has 0 saturated heterocycles. The van der Waals surface area contributed by atoms with Crippen LogP contribution in [0.5, 0.6) is 11.5 Å². The minimum atomic E-state index is 0.628. The van der Waals surface area contributed by atoms with Crippen molar-refractivity contribution in [2.75, 3.05) is 14.1 Å². The second-order valence-electron chi connectivity index (χ2n) is 4.34. The van der Waals surface area contributed by atoms with Crippen LogP contribution in [0.1, 0.15) is 5.56 Å². The summed E-state index contributed by atoms with van der Waals surface area (Å²) in [5.41, 5.74) is 1.05. The van der Waals surface area contributed by atoms with E-state index in [1.807, 2.05) is 55.6 Å². The Hall–Kier alpha value is -2.01. The van der Waals surface area contributed by atoms with Crippen LogP contribution in [0.3, 0.4) is 0 Å². The van der Waals surface area contributed by atoms with Crippen molar-refractivity contribution >= 4 is 21.9 Å². The molecule has 2 aromatic carbocycles. The number of hydrogen-bond acceptors (Lipinski definition) is 2. The summed E-state index contributed by atoms with van der Waals surface area (Å²) in [7, 11) is 3.57. The summed E-state index contributed by atoms with van der Waals surface area (Å²) in [6, 6.07) is 15.7. The molecule has 0 aromatic heterocycles. The Bertz CT molecular complexity index is 614. The molecule has 2 aromatic rings. The van der Waals surface area contributed by atoms with E-state index >= 15 is 0 Å². The average molecular weight is 348 g/mol. The fourth-order valence-corrected chi connectivity index (χ4v) is 2.18. The van der Waals surface area contributed by atoms with Gasteiger partial charge in [0.25, 0.3) is 0 Å². The normalized spacial score (nSPS) is 11.1. The highest BCUT2D eigenvalue weighted by Gasteiger charge is 2.07. The van der Waals surface area contributed by atoms with Crippen molar-refractivity contribution in [2.24, 2.45) is 4.99 Å². The Morgan fingerprint density at radius 2 is 1.95 bits per heavy atom. The number of guanidine groups is 1. The molecule has 0 heterocycles. The predicted octanol–water partition coefficient (Wildman–Crippen LogP) is 3.54. The third kappa shape index (κ3) is 4.49. The quantitative estimate of drug-likeness (QED) is 0.656. The van der Waals surface area contributed by atoms with Gasteiger partial charge in [0.1, 0.15) is 11.5 Å². The number of benzene rings is 2. The fraction of sp³-hybridized carbons (Fsp3) is 0.188. The molecular weight excluding hydrogens is 330 g/mol. The van der Waals surface area contributed by atoms with Crippen LogP contribution in [-0.4, -0.2) is 20.1 Å². The van der Waals surface area contributed by atoms with Crippen molar-refractivity contribution in [2.45, 2.75) is 6.54 Å². The van der Waals surface area contributed by atoms with E-state index in [2.05, 4.69) is 31.6 Å². The van der Waals surface area contributed by atoms with Crippen LogP contribution in [-0.2, 0) is 6.54 Å². The summed E-state index contributed by atoms with van der Waals surface area (Å²) in [5, 5.41) is 6.22. The van der Waals surface area contributed by atoms with Gasteiger partial charge in [-0.1, -0.05) is 40.2 Å². The lowest BCUT2D eigenvalue weighted by atomic mass is 10.2. The van der Waals surface area contributed by atoms with Gasteiger partial charge in [0.2, 0.25) is 0 Å². The van der Waals surface area contributed by atoms with Gasteiger partial charge in [-0.3, -0.25) is 4.99 Å². The van der Waals surface area contributed by atoms with Gasteiger partial charge in [0, 0.05) is 30.7 Å². The highest BCUT2D eigenvalue weighted by atomic mass is 79.9. The molecule has 0 fully saturated rings. The van der Waals surface area contributed by atoms with Crippen LogP contribution in [0.4, 0.5) is 0 Å². The van der Waals surface area contributed by atoms with Crippen LogP contribution in [0.2, 0.25) is 0 Å². The molecule has 2 N–H and O–H groups in total. The van der Waals surface area contributed by atoms with Gasteiger partial charge >= 0.3 is 0 Å². The highest BCUT2D eigenvalue weighted by molar-refractivity contribution is 9.10. The Morgan fingerprint density at radius 1 is 1.19 bits per heavy atom. The second-order valence-corrected chi connectivity index (χ2v) is 5.26. The molecule has 0 bridgehead atoms. The number of hydrogen-bond donors (Lipinski definition) is 2. The number of ether oxygens (including phenoxy) is 1. The topological polar surface area (TPSA) is 45.7 Å². The van der Waals surface area contributed by atoms with Gasteiger partial charge in [0.15, 0.2) is 5.96 Å². The molecule has 0 aliphatic heterocycles. The highest BCUT2D eigenvalue weighted by Crippen LogP contribution is 2.28. The number of halogens is 1. The van der Waals surface area contributed by atoms with Crippen LogP contribution in [0, 0.1) is 0 Å². The standard InChI is InChI=1S/C16H18BrN3O/c1-18-16(19-2)20-11-12-8-9-13(17)10-15(12)21-14-6-4-3-5-7-14/h3-10H,11H2,1-2H3,(H2,18,19,20). The lowest BCUT2D eigenvalue weighted by molar-refractivity contribution is 0.475. The van der Waals surface area contributed by atoms with Crippen molar-refractivity contribution in [1.82, 2.24) is 10.6 Å². The maximum Gasteiger partial charge on any atom is 0.190 e. The molecule has 0 radical (unpaired) electrons. The molecule has 0 spiro atoms. The fourth-order valence-electron chi connectivity index (χ4n) is 1.84. The molecule has 0 atom stereocenters. The second kappa shape index (κ2) is 7.69. The summed E-state index contributed by atoms with van der Waals surface area (Å²) < 4.78 is 6.94. The Balaban J connectivity index is 2.17. The number of rotatable bonds is 4. The van der Waals surface area contributed by atoms with E-state index in [9.17, 15) is 0 Å². The van der Waals surface area contributed by atoms with Crippen LogP contribution in [0.15, 0.2) is 58.0 Å². The molecule has 0 aliphatic carbocycles. The zero-order chi connectivity index (χ0) is 15.1. The molecular formula is C16H18BrN3O. The number of nitrogens with one attached hydrogen (secondary N) is 2. The van der Waals surface area contributed by atoms with Gasteiger partial charge in [-0.25, -0.2) is 0 Å². The van der Waals surface area contributed by atoms with Crippen molar-refractivity contribution in [3.8, 4) is 11.5 Å². The predicted molar refractivity (Wildman–Crippen MR) is 89.9 cm³/mol. The largest absolute Gasteiger partial charge is 0.457 e. The smallest absolute Gasteiger partial charge is 0.190 e. The summed E-state index contributed by atoms with van der Waals surface area (Å²) in [6.45, 7) is 0.628. The Labute approximate surface area is 133 Å². The SMILES string of the molecule is CN=C(NC)NCc1ccc(Br)cc1Oc1ccccc1. The van der Waals surface area contributed by atoms with E-state index in [4.69, 9.17) is 4.74 Å².